The van der Waals surface area contributed by atoms with Crippen molar-refractivity contribution in [3.63, 3.8) is 0 Å². The van der Waals surface area contributed by atoms with E-state index in [9.17, 15) is 13.2 Å². The molecule has 0 aromatic heterocycles. The van der Waals surface area contributed by atoms with Crippen molar-refractivity contribution < 1.29 is 13.2 Å². The van der Waals surface area contributed by atoms with Gasteiger partial charge < -0.3 is 5.32 Å². The van der Waals surface area contributed by atoms with Gasteiger partial charge in [-0.15, -0.1) is 0 Å². The number of amides is 1. The monoisotopic (exact) mass is 428 g/mol. The molecule has 1 aliphatic rings. The molecule has 1 heterocycles. The zero-order valence-corrected chi connectivity index (χ0v) is 19.4. The molecule has 3 rings (SSSR count). The summed E-state index contributed by atoms with van der Waals surface area (Å²) in [7, 11) is -3.59. The molecule has 2 aromatic rings. The van der Waals surface area contributed by atoms with E-state index < -0.39 is 10.0 Å². The fourth-order valence-electron chi connectivity index (χ4n) is 4.27. The van der Waals surface area contributed by atoms with Crippen molar-refractivity contribution in [1.82, 2.24) is 9.62 Å². The minimum atomic E-state index is -3.59. The molecule has 30 heavy (non-hydrogen) atoms. The number of hydrogen-bond acceptors (Lipinski definition) is 3. The Morgan fingerprint density at radius 2 is 1.40 bits per heavy atom. The van der Waals surface area contributed by atoms with Crippen molar-refractivity contribution in [2.45, 2.75) is 58.9 Å². The Kier molecular flexibility index (Phi) is 6.68. The third-order valence-electron chi connectivity index (χ3n) is 6.66. The summed E-state index contributed by atoms with van der Waals surface area (Å²) < 4.78 is 28.5. The zero-order valence-electron chi connectivity index (χ0n) is 18.6. The van der Waals surface area contributed by atoms with E-state index in [0.29, 0.717) is 37.4 Å². The molecule has 1 fully saturated rings. The van der Waals surface area contributed by atoms with Gasteiger partial charge in [-0.05, 0) is 80.8 Å². The van der Waals surface area contributed by atoms with Crippen molar-refractivity contribution >= 4 is 15.9 Å². The number of piperidine rings is 1. The first-order chi connectivity index (χ1) is 14.1. The highest BCUT2D eigenvalue weighted by atomic mass is 32.2. The molecule has 0 aliphatic carbocycles. The molecular weight excluding hydrogens is 396 g/mol. The summed E-state index contributed by atoms with van der Waals surface area (Å²) in [5.74, 6) is -0.144. The van der Waals surface area contributed by atoms with Crippen LogP contribution < -0.4 is 5.32 Å². The van der Waals surface area contributed by atoms with Crippen molar-refractivity contribution in [2.24, 2.45) is 5.92 Å². The van der Waals surface area contributed by atoms with Gasteiger partial charge in [-0.3, -0.25) is 4.79 Å². The number of benzene rings is 2. The first-order valence-corrected chi connectivity index (χ1v) is 12.0. The predicted octanol–water partition coefficient (Wildman–Crippen LogP) is 3.95. The highest BCUT2D eigenvalue weighted by Gasteiger charge is 2.34. The Bertz CT molecular complexity index is 1010. The molecule has 1 amide bonds. The van der Waals surface area contributed by atoms with Crippen LogP contribution in [0.15, 0.2) is 35.2 Å². The number of rotatable bonds is 5. The van der Waals surface area contributed by atoms with Crippen LogP contribution in [0.1, 0.15) is 46.2 Å². The van der Waals surface area contributed by atoms with Crippen molar-refractivity contribution in [2.75, 3.05) is 13.1 Å². The topological polar surface area (TPSA) is 66.5 Å². The summed E-state index contributed by atoms with van der Waals surface area (Å²) in [5, 5.41) is 2.99. The van der Waals surface area contributed by atoms with Crippen molar-refractivity contribution in [3.05, 3.63) is 63.7 Å². The van der Waals surface area contributed by atoms with Gasteiger partial charge in [0.25, 0.3) is 0 Å². The van der Waals surface area contributed by atoms with Crippen LogP contribution >= 0.6 is 0 Å². The van der Waals surface area contributed by atoms with Gasteiger partial charge in [0.05, 0.1) is 4.90 Å². The summed E-state index contributed by atoms with van der Waals surface area (Å²) >= 11 is 0. The lowest BCUT2D eigenvalue weighted by molar-refractivity contribution is -0.126. The molecule has 0 atom stereocenters. The van der Waals surface area contributed by atoms with Gasteiger partial charge in [-0.25, -0.2) is 8.42 Å². The Morgan fingerprint density at radius 3 is 1.93 bits per heavy atom. The third kappa shape index (κ3) is 4.30. The van der Waals surface area contributed by atoms with Crippen LogP contribution in [0.2, 0.25) is 0 Å². The normalized spacial score (nSPS) is 15.9. The van der Waals surface area contributed by atoms with E-state index >= 15 is 0 Å². The zero-order chi connectivity index (χ0) is 22.1. The van der Waals surface area contributed by atoms with Crippen LogP contribution in [-0.4, -0.2) is 31.7 Å². The molecule has 1 saturated heterocycles. The number of hydrogen-bond donors (Lipinski definition) is 1. The van der Waals surface area contributed by atoms with Crippen LogP contribution in [0.3, 0.4) is 0 Å². The standard InChI is InChI=1S/C24H32N2O3S/c1-16-17(2)19(4)23(20(5)18(16)3)30(28,29)26-13-11-22(12-14-26)24(27)25-15-21-9-7-6-8-10-21/h6-10,22H,11-15H2,1-5H3,(H,25,27). The minimum Gasteiger partial charge on any atom is -0.352 e. The van der Waals surface area contributed by atoms with E-state index in [1.54, 1.807) is 4.31 Å². The van der Waals surface area contributed by atoms with E-state index in [0.717, 1.165) is 33.4 Å². The second kappa shape index (κ2) is 8.90. The fraction of sp³-hybridized carbons (Fsp3) is 0.458. The highest BCUT2D eigenvalue weighted by Crippen LogP contribution is 2.33. The third-order valence-corrected chi connectivity index (χ3v) is 8.84. The van der Waals surface area contributed by atoms with Gasteiger partial charge >= 0.3 is 0 Å². The lowest BCUT2D eigenvalue weighted by Gasteiger charge is -2.32. The summed E-state index contributed by atoms with van der Waals surface area (Å²) in [5.41, 5.74) is 5.94. The molecule has 0 saturated carbocycles. The van der Waals surface area contributed by atoms with Gasteiger partial charge in [-0.2, -0.15) is 4.31 Å². The Balaban J connectivity index is 1.69. The molecule has 6 heteroatoms. The van der Waals surface area contributed by atoms with Gasteiger partial charge in [0.15, 0.2) is 0 Å². The predicted molar refractivity (Wildman–Crippen MR) is 120 cm³/mol. The smallest absolute Gasteiger partial charge is 0.243 e. The lowest BCUT2D eigenvalue weighted by Crippen LogP contribution is -2.43. The van der Waals surface area contributed by atoms with Gasteiger partial charge in [0.2, 0.25) is 15.9 Å². The maximum Gasteiger partial charge on any atom is 0.243 e. The maximum atomic E-state index is 13.5. The van der Waals surface area contributed by atoms with Crippen LogP contribution in [0.25, 0.3) is 0 Å². The molecule has 5 nitrogen and oxygen atoms in total. The Hall–Kier alpha value is -2.18. The van der Waals surface area contributed by atoms with Gasteiger partial charge in [0, 0.05) is 25.6 Å². The molecule has 0 radical (unpaired) electrons. The van der Waals surface area contributed by atoms with E-state index in [-0.39, 0.29) is 11.8 Å². The number of nitrogens with zero attached hydrogens (tertiary/aromatic N) is 1. The quantitative estimate of drug-likeness (QED) is 0.784. The molecule has 162 valence electrons. The van der Waals surface area contributed by atoms with Crippen molar-refractivity contribution in [1.29, 1.82) is 0 Å². The number of carbonyl (C=O) groups is 1. The van der Waals surface area contributed by atoms with Crippen LogP contribution in [-0.2, 0) is 21.4 Å². The second-order valence-electron chi connectivity index (χ2n) is 8.34. The molecular formula is C24H32N2O3S. The summed E-state index contributed by atoms with van der Waals surface area (Å²) in [6, 6.07) is 9.80. The molecule has 1 N–H and O–H groups in total. The van der Waals surface area contributed by atoms with E-state index in [2.05, 4.69) is 5.32 Å². The maximum absolute atomic E-state index is 13.5. The minimum absolute atomic E-state index is 0.00490. The van der Waals surface area contributed by atoms with E-state index in [1.807, 2.05) is 65.0 Å². The first-order valence-electron chi connectivity index (χ1n) is 10.5. The molecule has 0 spiro atoms. The number of carbonyl (C=O) groups excluding carboxylic acids is 1. The average molecular weight is 429 g/mol. The van der Waals surface area contributed by atoms with Gasteiger partial charge in [0.1, 0.15) is 0 Å². The van der Waals surface area contributed by atoms with Crippen molar-refractivity contribution in [3.8, 4) is 0 Å². The molecule has 0 unspecified atom stereocenters. The number of nitrogens with one attached hydrogen (secondary N) is 1. The Morgan fingerprint density at radius 1 is 0.900 bits per heavy atom. The van der Waals surface area contributed by atoms with Crippen LogP contribution in [0.4, 0.5) is 0 Å². The molecule has 1 aliphatic heterocycles. The SMILES string of the molecule is Cc1c(C)c(C)c(S(=O)(=O)N2CCC(C(=O)NCc3ccccc3)CC2)c(C)c1C. The second-order valence-corrected chi connectivity index (χ2v) is 10.2. The lowest BCUT2D eigenvalue weighted by atomic mass is 9.95. The first kappa shape index (κ1) is 22.5. The van der Waals surface area contributed by atoms with E-state index in [1.165, 1.54) is 0 Å². The average Bonchev–Trinajstić information content (AvgIpc) is 2.75. The summed E-state index contributed by atoms with van der Waals surface area (Å²) in [6.45, 7) is 11.0. The molecule has 0 bridgehead atoms. The summed E-state index contributed by atoms with van der Waals surface area (Å²) in [6.07, 6.45) is 1.09. The largest absolute Gasteiger partial charge is 0.352 e. The fourth-order valence-corrected chi connectivity index (χ4v) is 6.30. The molecule has 2 aromatic carbocycles. The highest BCUT2D eigenvalue weighted by molar-refractivity contribution is 7.89. The van der Waals surface area contributed by atoms with Gasteiger partial charge in [-0.1, -0.05) is 30.3 Å². The van der Waals surface area contributed by atoms with Crippen LogP contribution in [0.5, 0.6) is 0 Å². The number of sulfonamides is 1. The Labute approximate surface area is 180 Å². The van der Waals surface area contributed by atoms with Crippen LogP contribution in [0, 0.1) is 40.5 Å². The summed E-state index contributed by atoms with van der Waals surface area (Å²) in [4.78, 5) is 13.0. The van der Waals surface area contributed by atoms with E-state index in [4.69, 9.17) is 0 Å².